The van der Waals surface area contributed by atoms with Crippen LogP contribution in [-0.2, 0) is 41.3 Å². The van der Waals surface area contributed by atoms with Crippen molar-refractivity contribution >= 4 is 102 Å². The molecule has 32 nitrogen and oxygen atoms in total. The summed E-state index contributed by atoms with van der Waals surface area (Å²) in [6.07, 6.45) is 40.4. The van der Waals surface area contributed by atoms with Gasteiger partial charge in [-0.15, -0.1) is 0 Å². The first-order valence-corrected chi connectivity index (χ1v) is 47.6. The third-order valence-corrected chi connectivity index (χ3v) is 26.3. The van der Waals surface area contributed by atoms with Crippen LogP contribution < -0.4 is 60.1 Å². The van der Waals surface area contributed by atoms with Gasteiger partial charge in [0.2, 0.25) is 11.9 Å². The van der Waals surface area contributed by atoms with E-state index < -0.39 is 12.8 Å². The van der Waals surface area contributed by atoms with Crippen molar-refractivity contribution in [3.8, 4) is 11.5 Å². The molecule has 4 aliphatic carbocycles. The van der Waals surface area contributed by atoms with Gasteiger partial charge in [0.15, 0.2) is 0 Å². The van der Waals surface area contributed by atoms with Gasteiger partial charge in [0, 0.05) is 187 Å². The summed E-state index contributed by atoms with van der Waals surface area (Å²) in [6, 6.07) is 18.3. The molecule has 9 fully saturated rings. The number of alkyl halides is 1. The second kappa shape index (κ2) is 46.5. The highest BCUT2D eigenvalue weighted by atomic mass is 19.1. The van der Waals surface area contributed by atoms with E-state index in [4.69, 9.17) is 37.9 Å². The number of anilines is 8. The molecule has 9 aliphatic rings. The van der Waals surface area contributed by atoms with Crippen LogP contribution in [0.1, 0.15) is 148 Å². The molecule has 0 unspecified atom stereocenters. The Morgan fingerprint density at radius 2 is 0.738 bits per heavy atom. The third-order valence-electron chi connectivity index (χ3n) is 26.3. The zero-order valence-corrected chi connectivity index (χ0v) is 76.0. The van der Waals surface area contributed by atoms with Crippen molar-refractivity contribution in [1.82, 2.24) is 70.4 Å². The number of amides is 2. The van der Waals surface area contributed by atoms with Crippen LogP contribution in [0.15, 0.2) is 123 Å². The molecular weight excluding hydrogens is 1650 g/mol. The Kier molecular flexibility index (Phi) is 32.9. The standard InChI is InChI=1S/C26H35N7O2.C25H31N7O2.C24H34N4O3.C22H29FN4O3/c1-3-32(4-2)21-17-29-26(30-18-21)31-19-5-7-22(8-6-19)35-24-16-20(33-11-13-34-14-12-33)15-23-25(24)28-10-9-27-23;1-8-31(9-1)20-16-28-25(29-17-20)30-18-2-4-21(5-3-18)34-23-15-19(32-10-12-33-13-11-32)14-22-24(23)27-7-6-26-22;1-17(2)16-31-24(29)27-20-5-3-18(4-6-20)13-19-14-21(28-9-11-30-12-10-28)15-22-23(19)26-8-7-25-22;23-5-10-30-22(28)26-18-3-1-16(2-4-18)13-17-14-19(27-8-11-29-12-9-27)15-20-21(17)25-7-6-24-20/h9-10,15-19,22H,3-8,11-14H2,1-2H3,(H,29,30,31);6-7,14-18,21H,1-5,8-13H2,(H,28,29,30);7-8,14-15,17-18,20H,3-6,9-13,16H2,1-2H3,(H,27,29);6-7,14-16,18H,1-5,8-13H2,(H,26,28). The predicted octanol–water partition coefficient (Wildman–Crippen LogP) is 14.4. The van der Waals surface area contributed by atoms with E-state index in [-0.39, 0.29) is 37.0 Å². The summed E-state index contributed by atoms with van der Waals surface area (Å²) in [5, 5.41) is 12.9. The number of aromatic nitrogens is 12. The summed E-state index contributed by atoms with van der Waals surface area (Å²) in [4.78, 5) is 92.3. The highest BCUT2D eigenvalue weighted by molar-refractivity contribution is 5.87. The van der Waals surface area contributed by atoms with Crippen molar-refractivity contribution in [2.45, 2.75) is 186 Å². The SMILES string of the molecule is CC(C)COC(=O)NC1CCC(Cc2cc(N3CCOCC3)cc3nccnc23)CC1.CCN(CC)c1cnc(NC2CCC(Oc3cc(N4CCOCC4)cc4nccnc34)CC2)nc1.O=C(NC1CCC(Cc2cc(N3CCOCC3)cc3nccnc23)CC1)OCCF.c1cnc2c(OC3CCC(Nc4ncc(N5CCC5)cn4)CC3)cc(N3CCOCC3)cc2n1. The highest BCUT2D eigenvalue weighted by Gasteiger charge is 2.32. The lowest BCUT2D eigenvalue weighted by Crippen LogP contribution is -2.38. The van der Waals surface area contributed by atoms with Crippen LogP contribution in [0.3, 0.4) is 0 Å². The van der Waals surface area contributed by atoms with E-state index in [2.05, 4.69) is 173 Å². The number of rotatable bonds is 26. The van der Waals surface area contributed by atoms with Gasteiger partial charge in [-0.1, -0.05) is 13.8 Å². The molecule has 0 radical (unpaired) electrons. The lowest BCUT2D eigenvalue weighted by molar-refractivity contribution is 0.122. The Labute approximate surface area is 761 Å². The fourth-order valence-corrected chi connectivity index (χ4v) is 18.9. The van der Waals surface area contributed by atoms with Gasteiger partial charge in [-0.3, -0.25) is 29.9 Å². The Balaban J connectivity index is 0.000000127. The summed E-state index contributed by atoms with van der Waals surface area (Å²) < 4.78 is 57.3. The zero-order chi connectivity index (χ0) is 89.2. The second-order valence-electron chi connectivity index (χ2n) is 35.7. The minimum atomic E-state index is -0.652. The third kappa shape index (κ3) is 25.5. The minimum Gasteiger partial charge on any atom is -0.488 e. The van der Waals surface area contributed by atoms with E-state index in [9.17, 15) is 14.0 Å². The maximum Gasteiger partial charge on any atom is 0.407 e. The molecule has 4 aromatic carbocycles. The molecular formula is C97H129FN22O10. The van der Waals surface area contributed by atoms with Crippen molar-refractivity contribution in [3.05, 3.63) is 134 Å². The summed E-state index contributed by atoms with van der Waals surface area (Å²) >= 11 is 0. The molecule has 0 atom stereocenters. The second-order valence-corrected chi connectivity index (χ2v) is 35.7. The molecule has 4 saturated carbocycles. The maximum absolute atomic E-state index is 12.1. The zero-order valence-electron chi connectivity index (χ0n) is 76.0. The van der Waals surface area contributed by atoms with Crippen molar-refractivity contribution in [2.24, 2.45) is 17.8 Å². The van der Waals surface area contributed by atoms with E-state index in [1.165, 1.54) is 28.9 Å². The molecule has 5 saturated heterocycles. The number of morpholine rings is 4. The number of carbonyl (C=O) groups is 2. The number of nitrogens with one attached hydrogen (secondary N) is 4. The Hall–Kier alpha value is -11.3. The number of hydrogen-bond acceptors (Lipinski definition) is 30. The molecule has 0 spiro atoms. The fraction of sp³-hybridized carbons (Fsp3) is 0.567. The molecule has 6 aromatic heterocycles. The van der Waals surface area contributed by atoms with Crippen LogP contribution in [-0.4, -0.2) is 260 Å². The van der Waals surface area contributed by atoms with E-state index in [0.717, 1.165) is 325 Å². The molecule has 4 N–H and O–H groups in total. The average Bonchev–Trinajstić information content (AvgIpc) is 0.803. The number of hydrogen-bond donors (Lipinski definition) is 4. The Bertz CT molecular complexity index is 5210. The number of ether oxygens (including phenoxy) is 8. The normalized spacial score (nSPS) is 21.9. The molecule has 11 heterocycles. The number of alkyl carbamates (subject to hydrolysis) is 2. The van der Waals surface area contributed by atoms with Gasteiger partial charge in [-0.25, -0.2) is 43.9 Å². The predicted molar refractivity (Wildman–Crippen MR) is 504 cm³/mol. The van der Waals surface area contributed by atoms with Gasteiger partial charge in [0.1, 0.15) is 35.8 Å². The van der Waals surface area contributed by atoms with E-state index >= 15 is 0 Å². The topological polar surface area (TPSA) is 330 Å². The van der Waals surface area contributed by atoms with Gasteiger partial charge in [0.05, 0.1) is 141 Å². The van der Waals surface area contributed by atoms with Crippen molar-refractivity contribution in [2.75, 3.05) is 191 Å². The number of halogens is 1. The molecule has 10 aromatic rings. The lowest BCUT2D eigenvalue weighted by Gasteiger charge is -2.33. The number of carbonyl (C=O) groups excluding carboxylic acids is 2. The van der Waals surface area contributed by atoms with Gasteiger partial charge in [-0.05, 0) is 201 Å². The molecule has 0 bridgehead atoms. The molecule has 130 heavy (non-hydrogen) atoms. The largest absolute Gasteiger partial charge is 0.488 e. The monoisotopic (exact) mass is 1780 g/mol. The summed E-state index contributed by atoms with van der Waals surface area (Å²) in [6.45, 7) is 25.2. The maximum atomic E-state index is 12.1. The highest BCUT2D eigenvalue weighted by Crippen LogP contribution is 2.39. The summed E-state index contributed by atoms with van der Waals surface area (Å²) in [7, 11) is 0. The molecule has 5 aliphatic heterocycles. The van der Waals surface area contributed by atoms with Crippen molar-refractivity contribution in [3.63, 3.8) is 0 Å². The first kappa shape index (κ1) is 92.0. The van der Waals surface area contributed by atoms with Crippen LogP contribution >= 0.6 is 0 Å². The van der Waals surface area contributed by atoms with Crippen molar-refractivity contribution in [1.29, 1.82) is 0 Å². The van der Waals surface area contributed by atoms with E-state index in [1.54, 1.807) is 49.6 Å². The van der Waals surface area contributed by atoms with Crippen molar-refractivity contribution < 1.29 is 51.9 Å². The number of fused-ring (bicyclic) bond motifs is 4. The average molecular weight is 1780 g/mol. The van der Waals surface area contributed by atoms with Gasteiger partial charge < -0.3 is 88.6 Å². The molecule has 2 amide bonds. The first-order valence-electron chi connectivity index (χ1n) is 47.6. The van der Waals surface area contributed by atoms with Crippen LogP contribution in [0.4, 0.5) is 60.0 Å². The smallest absolute Gasteiger partial charge is 0.407 e. The van der Waals surface area contributed by atoms with Crippen LogP contribution in [0.25, 0.3) is 44.1 Å². The molecule has 694 valence electrons. The fourth-order valence-electron chi connectivity index (χ4n) is 18.9. The summed E-state index contributed by atoms with van der Waals surface area (Å²) in [5.74, 6) is 4.55. The summed E-state index contributed by atoms with van der Waals surface area (Å²) in [5.41, 5.74) is 16.6. The van der Waals surface area contributed by atoms with Gasteiger partial charge >= 0.3 is 12.2 Å². The quantitative estimate of drug-likeness (QED) is 0.0391. The number of nitrogens with zero attached hydrogens (tertiary/aromatic N) is 18. The number of benzene rings is 4. The van der Waals surface area contributed by atoms with E-state index in [1.807, 2.05) is 38.6 Å². The molecule has 19 rings (SSSR count). The Morgan fingerprint density at radius 1 is 0.400 bits per heavy atom. The van der Waals surface area contributed by atoms with E-state index in [0.29, 0.717) is 48.3 Å². The lowest BCUT2D eigenvalue weighted by atomic mass is 9.82. The van der Waals surface area contributed by atoms with Crippen LogP contribution in [0, 0.1) is 17.8 Å². The Morgan fingerprint density at radius 3 is 1.10 bits per heavy atom. The van der Waals surface area contributed by atoms with Crippen LogP contribution in [0.5, 0.6) is 11.5 Å². The van der Waals surface area contributed by atoms with Crippen LogP contribution in [0.2, 0.25) is 0 Å². The first-order chi connectivity index (χ1) is 63.8. The van der Waals surface area contributed by atoms with Gasteiger partial charge in [0.25, 0.3) is 0 Å². The van der Waals surface area contributed by atoms with Gasteiger partial charge in [-0.2, -0.15) is 0 Å². The molecule has 33 heteroatoms. The minimum absolute atomic E-state index is 0.101.